The quantitative estimate of drug-likeness (QED) is 0.592. The molecule has 0 aliphatic rings. The number of ether oxygens (including phenoxy) is 1. The van der Waals surface area contributed by atoms with Crippen molar-refractivity contribution in [3.63, 3.8) is 0 Å². The maximum Gasteiger partial charge on any atom is 0.289 e. The lowest BCUT2D eigenvalue weighted by molar-refractivity contribution is -0.384. The lowest BCUT2D eigenvalue weighted by Gasteiger charge is -2.15. The number of nitrogens with zero attached hydrogens (tertiary/aromatic N) is 1. The van der Waals surface area contributed by atoms with Gasteiger partial charge < -0.3 is 10.1 Å². The Morgan fingerprint density at radius 1 is 1.16 bits per heavy atom. The molecule has 1 unspecified atom stereocenters. The molecule has 1 N–H and O–H groups in total. The molecule has 7 heteroatoms. The van der Waals surface area contributed by atoms with Crippen molar-refractivity contribution in [2.24, 2.45) is 0 Å². The molecule has 1 amide bonds. The van der Waals surface area contributed by atoms with E-state index in [1.165, 1.54) is 23.8 Å². The van der Waals surface area contributed by atoms with Crippen LogP contribution < -0.4 is 10.1 Å². The van der Waals surface area contributed by atoms with E-state index in [4.69, 9.17) is 16.3 Å². The van der Waals surface area contributed by atoms with E-state index in [2.05, 4.69) is 19.2 Å². The largest absolute Gasteiger partial charge is 0.481 e. The molecule has 0 saturated heterocycles. The summed E-state index contributed by atoms with van der Waals surface area (Å²) in [5.41, 5.74) is 1.20. The summed E-state index contributed by atoms with van der Waals surface area (Å²) in [7, 11) is 0. The van der Waals surface area contributed by atoms with Crippen LogP contribution in [0.25, 0.3) is 0 Å². The highest BCUT2D eigenvalue weighted by Crippen LogP contribution is 2.27. The van der Waals surface area contributed by atoms with Gasteiger partial charge in [-0.25, -0.2) is 0 Å². The zero-order valence-corrected chi connectivity index (χ0v) is 14.9. The standard InChI is InChI=1S/C18H19ClN2O4/c1-11(2)13-4-7-15(8-5-13)25-12(3)18(22)20-14-6-9-16(19)17(10-14)21(23)24/h4-12H,1-3H3,(H,20,22). The maximum absolute atomic E-state index is 12.2. The number of carbonyl (C=O) groups excluding carboxylic acids is 1. The fourth-order valence-electron chi connectivity index (χ4n) is 2.16. The first-order chi connectivity index (χ1) is 11.8. The first-order valence-corrected chi connectivity index (χ1v) is 8.17. The molecule has 2 aromatic rings. The van der Waals surface area contributed by atoms with E-state index in [0.717, 1.165) is 0 Å². The van der Waals surface area contributed by atoms with Gasteiger partial charge in [0.1, 0.15) is 10.8 Å². The predicted octanol–water partition coefficient (Wildman–Crippen LogP) is 4.78. The van der Waals surface area contributed by atoms with Gasteiger partial charge in [-0.3, -0.25) is 14.9 Å². The molecular weight excluding hydrogens is 344 g/mol. The number of halogens is 1. The fourth-order valence-corrected chi connectivity index (χ4v) is 2.35. The summed E-state index contributed by atoms with van der Waals surface area (Å²) in [6.07, 6.45) is -0.764. The van der Waals surface area contributed by atoms with Crippen LogP contribution in [0, 0.1) is 10.1 Å². The van der Waals surface area contributed by atoms with Gasteiger partial charge in [0.25, 0.3) is 11.6 Å². The molecule has 2 aromatic carbocycles. The monoisotopic (exact) mass is 362 g/mol. The third kappa shape index (κ3) is 4.93. The molecule has 0 heterocycles. The second kappa shape index (κ2) is 7.98. The molecule has 1 atom stereocenters. The van der Waals surface area contributed by atoms with Crippen molar-refractivity contribution in [2.45, 2.75) is 32.8 Å². The molecule has 0 aliphatic heterocycles. The van der Waals surface area contributed by atoms with Gasteiger partial charge in [-0.05, 0) is 42.7 Å². The van der Waals surface area contributed by atoms with Gasteiger partial charge in [0.05, 0.1) is 4.92 Å². The number of nitrogens with one attached hydrogen (secondary N) is 1. The van der Waals surface area contributed by atoms with Crippen molar-refractivity contribution < 1.29 is 14.5 Å². The van der Waals surface area contributed by atoms with Gasteiger partial charge in [0.15, 0.2) is 6.10 Å². The molecule has 0 bridgehead atoms. The Hall–Kier alpha value is -2.60. The summed E-state index contributed by atoms with van der Waals surface area (Å²) in [4.78, 5) is 22.5. The molecule has 0 radical (unpaired) electrons. The van der Waals surface area contributed by atoms with Crippen molar-refractivity contribution in [3.8, 4) is 5.75 Å². The number of hydrogen-bond donors (Lipinski definition) is 1. The van der Waals surface area contributed by atoms with Crippen molar-refractivity contribution in [1.29, 1.82) is 0 Å². The first kappa shape index (κ1) is 18.7. The average molecular weight is 363 g/mol. The van der Waals surface area contributed by atoms with Crippen LogP contribution in [0.2, 0.25) is 5.02 Å². The Labute approximate surface area is 150 Å². The number of rotatable bonds is 6. The molecule has 2 rings (SSSR count). The summed E-state index contributed by atoms with van der Waals surface area (Å²) in [5.74, 6) is 0.578. The summed E-state index contributed by atoms with van der Waals surface area (Å²) >= 11 is 5.75. The molecule has 132 valence electrons. The van der Waals surface area contributed by atoms with Crippen LogP contribution in [0.4, 0.5) is 11.4 Å². The van der Waals surface area contributed by atoms with Crippen LogP contribution in [0.3, 0.4) is 0 Å². The van der Waals surface area contributed by atoms with Crippen molar-refractivity contribution in [3.05, 3.63) is 63.2 Å². The Kier molecular flexibility index (Phi) is 5.98. The van der Waals surface area contributed by atoms with Gasteiger partial charge in [-0.15, -0.1) is 0 Å². The predicted molar refractivity (Wildman–Crippen MR) is 97.4 cm³/mol. The summed E-state index contributed by atoms with van der Waals surface area (Å²) in [6.45, 7) is 5.80. The normalized spacial score (nSPS) is 11.9. The van der Waals surface area contributed by atoms with E-state index in [1.807, 2.05) is 24.3 Å². The van der Waals surface area contributed by atoms with Crippen molar-refractivity contribution in [2.75, 3.05) is 5.32 Å². The van der Waals surface area contributed by atoms with E-state index in [0.29, 0.717) is 11.7 Å². The fraction of sp³-hybridized carbons (Fsp3) is 0.278. The van der Waals surface area contributed by atoms with E-state index < -0.39 is 16.9 Å². The van der Waals surface area contributed by atoms with Crippen molar-refractivity contribution in [1.82, 2.24) is 0 Å². The van der Waals surface area contributed by atoms with Crippen LogP contribution in [-0.4, -0.2) is 16.9 Å². The zero-order chi connectivity index (χ0) is 18.6. The number of nitro groups is 1. The maximum atomic E-state index is 12.2. The third-order valence-electron chi connectivity index (χ3n) is 3.64. The van der Waals surface area contributed by atoms with Gasteiger partial charge in [0, 0.05) is 11.8 Å². The second-order valence-corrected chi connectivity index (χ2v) is 6.30. The Morgan fingerprint density at radius 3 is 2.36 bits per heavy atom. The second-order valence-electron chi connectivity index (χ2n) is 5.90. The number of nitro benzene ring substituents is 1. The number of amides is 1. The van der Waals surface area contributed by atoms with E-state index in [9.17, 15) is 14.9 Å². The van der Waals surface area contributed by atoms with Crippen molar-refractivity contribution >= 4 is 28.9 Å². The Balaban J connectivity index is 2.03. The minimum absolute atomic E-state index is 0.0116. The lowest BCUT2D eigenvalue weighted by Crippen LogP contribution is -2.30. The zero-order valence-electron chi connectivity index (χ0n) is 14.2. The van der Waals surface area contributed by atoms with Crippen LogP contribution in [-0.2, 0) is 4.79 Å². The highest BCUT2D eigenvalue weighted by Gasteiger charge is 2.18. The first-order valence-electron chi connectivity index (χ1n) is 7.79. The average Bonchev–Trinajstić information content (AvgIpc) is 2.56. The topological polar surface area (TPSA) is 81.5 Å². The van der Waals surface area contributed by atoms with E-state index in [1.54, 1.807) is 6.92 Å². The number of carbonyl (C=O) groups is 1. The SMILES string of the molecule is CC(Oc1ccc(C(C)C)cc1)C(=O)Nc1ccc(Cl)c([N+](=O)[O-])c1. The Morgan fingerprint density at radius 2 is 1.80 bits per heavy atom. The Bertz CT molecular complexity index is 775. The van der Waals surface area contributed by atoms with E-state index in [-0.39, 0.29) is 16.4 Å². The van der Waals surface area contributed by atoms with Gasteiger partial charge in [-0.1, -0.05) is 37.6 Å². The molecule has 6 nitrogen and oxygen atoms in total. The summed E-state index contributed by atoms with van der Waals surface area (Å²) < 4.78 is 5.61. The summed E-state index contributed by atoms with van der Waals surface area (Å²) in [6, 6.07) is 11.6. The number of benzene rings is 2. The molecule has 0 aliphatic carbocycles. The molecular formula is C18H19ClN2O4. The lowest BCUT2D eigenvalue weighted by atomic mass is 10.0. The number of hydrogen-bond acceptors (Lipinski definition) is 4. The highest BCUT2D eigenvalue weighted by molar-refractivity contribution is 6.32. The van der Waals surface area contributed by atoms with Crippen LogP contribution >= 0.6 is 11.6 Å². The molecule has 0 saturated carbocycles. The number of anilines is 1. The molecule has 0 fully saturated rings. The third-order valence-corrected chi connectivity index (χ3v) is 3.96. The smallest absolute Gasteiger partial charge is 0.289 e. The van der Waals surface area contributed by atoms with Crippen LogP contribution in [0.15, 0.2) is 42.5 Å². The van der Waals surface area contributed by atoms with Gasteiger partial charge >= 0.3 is 0 Å². The highest BCUT2D eigenvalue weighted by atomic mass is 35.5. The van der Waals surface area contributed by atoms with Crippen LogP contribution in [0.5, 0.6) is 5.75 Å². The minimum atomic E-state index is -0.764. The van der Waals surface area contributed by atoms with E-state index >= 15 is 0 Å². The molecule has 0 aromatic heterocycles. The summed E-state index contributed by atoms with van der Waals surface area (Å²) in [5, 5.41) is 13.5. The molecule has 25 heavy (non-hydrogen) atoms. The van der Waals surface area contributed by atoms with Gasteiger partial charge in [0.2, 0.25) is 0 Å². The minimum Gasteiger partial charge on any atom is -0.481 e. The van der Waals surface area contributed by atoms with Gasteiger partial charge in [-0.2, -0.15) is 0 Å². The van der Waals surface area contributed by atoms with Crippen LogP contribution in [0.1, 0.15) is 32.3 Å². The molecule has 0 spiro atoms.